The lowest BCUT2D eigenvalue weighted by Crippen LogP contribution is -2.00. The lowest BCUT2D eigenvalue weighted by Gasteiger charge is -2.10. The maximum absolute atomic E-state index is 12.9. The number of anilines is 3. The van der Waals surface area contributed by atoms with Crippen LogP contribution in [0.1, 0.15) is 5.69 Å². The number of hydrogen-bond acceptors (Lipinski definition) is 3. The van der Waals surface area contributed by atoms with Crippen molar-refractivity contribution in [2.24, 2.45) is 0 Å². The molecule has 2 aromatic rings. The Kier molecular flexibility index (Phi) is 3.28. The minimum absolute atomic E-state index is 0.299. The van der Waals surface area contributed by atoms with E-state index in [4.69, 9.17) is 5.73 Å². The number of nitrogens with one attached hydrogen (secondary N) is 1. The molecule has 0 bridgehead atoms. The second-order valence-corrected chi connectivity index (χ2v) is 4.49. The van der Waals surface area contributed by atoms with E-state index in [2.05, 4.69) is 26.2 Å². The predicted octanol–water partition coefficient (Wildman–Crippen LogP) is 3.62. The normalized spacial score (nSPS) is 10.3. The Hall–Kier alpha value is -1.62. The molecular weight excluding hydrogens is 285 g/mol. The third-order valence-electron chi connectivity index (χ3n) is 2.25. The highest BCUT2D eigenvalue weighted by Gasteiger charge is 2.05. The number of halogens is 2. The van der Waals surface area contributed by atoms with Crippen molar-refractivity contribution in [3.05, 3.63) is 46.3 Å². The molecule has 0 amide bonds. The second-order valence-electron chi connectivity index (χ2n) is 3.64. The highest BCUT2D eigenvalue weighted by Crippen LogP contribution is 2.28. The van der Waals surface area contributed by atoms with Crippen LogP contribution in [0, 0.1) is 12.7 Å². The molecule has 0 radical (unpaired) electrons. The quantitative estimate of drug-likeness (QED) is 0.890. The highest BCUT2D eigenvalue weighted by molar-refractivity contribution is 9.10. The molecule has 0 spiro atoms. The van der Waals surface area contributed by atoms with E-state index in [1.165, 1.54) is 12.1 Å². The molecule has 0 aliphatic rings. The van der Waals surface area contributed by atoms with E-state index in [-0.39, 0.29) is 5.82 Å². The third kappa shape index (κ3) is 2.74. The Bertz CT molecular complexity index is 557. The summed E-state index contributed by atoms with van der Waals surface area (Å²) >= 11 is 3.28. The number of rotatable bonds is 2. The summed E-state index contributed by atoms with van der Waals surface area (Å²) in [5.41, 5.74) is 7.93. The van der Waals surface area contributed by atoms with Gasteiger partial charge in [-0.1, -0.05) is 0 Å². The van der Waals surface area contributed by atoms with Crippen LogP contribution in [0.15, 0.2) is 34.8 Å². The SMILES string of the molecule is Cc1ccc(N)c(Nc2ccc(F)cc2Br)n1. The fraction of sp³-hybridized carbons (Fsp3) is 0.0833. The van der Waals surface area contributed by atoms with Crippen LogP contribution >= 0.6 is 15.9 Å². The van der Waals surface area contributed by atoms with Crippen LogP contribution < -0.4 is 11.1 Å². The molecule has 3 nitrogen and oxygen atoms in total. The van der Waals surface area contributed by atoms with Crippen molar-refractivity contribution >= 4 is 33.1 Å². The van der Waals surface area contributed by atoms with Gasteiger partial charge < -0.3 is 11.1 Å². The van der Waals surface area contributed by atoms with Gasteiger partial charge in [0.2, 0.25) is 0 Å². The number of pyridine rings is 1. The molecule has 0 saturated heterocycles. The van der Waals surface area contributed by atoms with Crippen LogP contribution in [-0.4, -0.2) is 4.98 Å². The van der Waals surface area contributed by atoms with Crippen molar-refractivity contribution in [1.82, 2.24) is 4.98 Å². The lowest BCUT2D eigenvalue weighted by molar-refractivity contribution is 0.627. The van der Waals surface area contributed by atoms with Crippen LogP contribution in [0.2, 0.25) is 0 Å². The van der Waals surface area contributed by atoms with E-state index >= 15 is 0 Å². The van der Waals surface area contributed by atoms with Gasteiger partial charge in [0.15, 0.2) is 5.82 Å². The van der Waals surface area contributed by atoms with E-state index < -0.39 is 0 Å². The molecule has 0 fully saturated rings. The summed E-state index contributed by atoms with van der Waals surface area (Å²) in [5, 5.41) is 3.06. The Labute approximate surface area is 107 Å². The molecule has 1 aromatic heterocycles. The Morgan fingerprint density at radius 2 is 2.06 bits per heavy atom. The number of aryl methyl sites for hydroxylation is 1. The standard InChI is InChI=1S/C12H11BrFN3/c1-7-2-4-10(15)12(16-7)17-11-5-3-8(14)6-9(11)13/h2-6H,15H2,1H3,(H,16,17). The van der Waals surface area contributed by atoms with Crippen LogP contribution in [0.4, 0.5) is 21.6 Å². The van der Waals surface area contributed by atoms with Gasteiger partial charge in [-0.05, 0) is 53.2 Å². The Balaban J connectivity index is 2.34. The topological polar surface area (TPSA) is 50.9 Å². The van der Waals surface area contributed by atoms with Gasteiger partial charge in [0.25, 0.3) is 0 Å². The summed E-state index contributed by atoms with van der Waals surface area (Å²) in [7, 11) is 0. The molecule has 3 N–H and O–H groups in total. The van der Waals surface area contributed by atoms with E-state index in [0.29, 0.717) is 16.0 Å². The van der Waals surface area contributed by atoms with Crippen molar-refractivity contribution in [3.63, 3.8) is 0 Å². The van der Waals surface area contributed by atoms with Crippen LogP contribution in [0.3, 0.4) is 0 Å². The first-order valence-electron chi connectivity index (χ1n) is 5.01. The molecule has 17 heavy (non-hydrogen) atoms. The van der Waals surface area contributed by atoms with Gasteiger partial charge in [0, 0.05) is 10.2 Å². The molecule has 2 rings (SSSR count). The minimum atomic E-state index is -0.299. The highest BCUT2D eigenvalue weighted by atomic mass is 79.9. The number of benzene rings is 1. The van der Waals surface area contributed by atoms with Gasteiger partial charge in [-0.2, -0.15) is 0 Å². The zero-order valence-electron chi connectivity index (χ0n) is 9.17. The number of nitrogens with two attached hydrogens (primary N) is 1. The summed E-state index contributed by atoms with van der Waals surface area (Å²) in [6.45, 7) is 1.88. The van der Waals surface area contributed by atoms with E-state index in [1.807, 2.05) is 13.0 Å². The second kappa shape index (κ2) is 4.71. The fourth-order valence-corrected chi connectivity index (χ4v) is 1.84. The molecule has 1 heterocycles. The molecule has 88 valence electrons. The van der Waals surface area contributed by atoms with Gasteiger partial charge in [-0.3, -0.25) is 0 Å². The molecule has 5 heteroatoms. The largest absolute Gasteiger partial charge is 0.396 e. The van der Waals surface area contributed by atoms with Gasteiger partial charge in [-0.15, -0.1) is 0 Å². The molecular formula is C12H11BrFN3. The average Bonchev–Trinajstić information content (AvgIpc) is 2.27. The van der Waals surface area contributed by atoms with Crippen LogP contribution in [0.5, 0.6) is 0 Å². The number of hydrogen-bond donors (Lipinski definition) is 2. The fourth-order valence-electron chi connectivity index (χ4n) is 1.39. The molecule has 1 aromatic carbocycles. The predicted molar refractivity (Wildman–Crippen MR) is 70.8 cm³/mol. The van der Waals surface area contributed by atoms with E-state index in [0.717, 1.165) is 11.4 Å². The van der Waals surface area contributed by atoms with E-state index in [9.17, 15) is 4.39 Å². The van der Waals surface area contributed by atoms with Crippen LogP contribution in [0.25, 0.3) is 0 Å². The summed E-state index contributed by atoms with van der Waals surface area (Å²) in [6.07, 6.45) is 0. The number of aromatic nitrogens is 1. The van der Waals surface area contributed by atoms with Crippen molar-refractivity contribution in [2.45, 2.75) is 6.92 Å². The van der Waals surface area contributed by atoms with Gasteiger partial charge >= 0.3 is 0 Å². The lowest BCUT2D eigenvalue weighted by atomic mass is 10.3. The van der Waals surface area contributed by atoms with Crippen molar-refractivity contribution in [2.75, 3.05) is 11.1 Å². The van der Waals surface area contributed by atoms with Crippen molar-refractivity contribution in [1.29, 1.82) is 0 Å². The summed E-state index contributed by atoms with van der Waals surface area (Å²) in [5.74, 6) is 0.268. The Morgan fingerprint density at radius 1 is 1.29 bits per heavy atom. The van der Waals surface area contributed by atoms with Crippen LogP contribution in [-0.2, 0) is 0 Å². The first-order chi connectivity index (χ1) is 8.06. The summed E-state index contributed by atoms with van der Waals surface area (Å²) in [4.78, 5) is 4.28. The van der Waals surface area contributed by atoms with Gasteiger partial charge in [-0.25, -0.2) is 9.37 Å². The average molecular weight is 296 g/mol. The van der Waals surface area contributed by atoms with E-state index in [1.54, 1.807) is 12.1 Å². The summed E-state index contributed by atoms with van der Waals surface area (Å²) < 4.78 is 13.6. The van der Waals surface area contributed by atoms with Gasteiger partial charge in [0.1, 0.15) is 5.82 Å². The summed E-state index contributed by atoms with van der Waals surface area (Å²) in [6, 6.07) is 8.00. The Morgan fingerprint density at radius 3 is 2.76 bits per heavy atom. The molecule has 0 unspecified atom stereocenters. The maximum Gasteiger partial charge on any atom is 0.153 e. The molecule has 0 aliphatic heterocycles. The smallest absolute Gasteiger partial charge is 0.153 e. The maximum atomic E-state index is 12.9. The zero-order valence-corrected chi connectivity index (χ0v) is 10.8. The van der Waals surface area contributed by atoms with Gasteiger partial charge in [0.05, 0.1) is 11.4 Å². The number of nitrogens with zero attached hydrogens (tertiary/aromatic N) is 1. The molecule has 0 aliphatic carbocycles. The minimum Gasteiger partial charge on any atom is -0.396 e. The first kappa shape index (κ1) is 11.9. The van der Waals surface area contributed by atoms with Crippen molar-refractivity contribution < 1.29 is 4.39 Å². The van der Waals surface area contributed by atoms with Crippen molar-refractivity contribution in [3.8, 4) is 0 Å². The molecule has 0 atom stereocenters. The first-order valence-corrected chi connectivity index (χ1v) is 5.81. The number of nitrogen functional groups attached to an aromatic ring is 1. The molecule has 0 saturated carbocycles. The monoisotopic (exact) mass is 295 g/mol. The third-order valence-corrected chi connectivity index (χ3v) is 2.91. The zero-order chi connectivity index (χ0) is 12.4.